The van der Waals surface area contributed by atoms with Crippen molar-refractivity contribution < 1.29 is 9.59 Å². The summed E-state index contributed by atoms with van der Waals surface area (Å²) in [5.74, 6) is -0.833. The Morgan fingerprint density at radius 3 is 2.52 bits per heavy atom. The summed E-state index contributed by atoms with van der Waals surface area (Å²) >= 11 is 6.16. The maximum absolute atomic E-state index is 12.7. The second-order valence-electron chi connectivity index (χ2n) is 5.55. The van der Waals surface area contributed by atoms with Gasteiger partial charge in [-0.3, -0.25) is 19.5 Å². The van der Waals surface area contributed by atoms with Gasteiger partial charge in [0.2, 0.25) is 0 Å². The number of benzene rings is 1. The van der Waals surface area contributed by atoms with E-state index in [9.17, 15) is 9.59 Å². The highest BCUT2D eigenvalue weighted by atomic mass is 35.5. The third kappa shape index (κ3) is 2.78. The molecule has 0 spiro atoms. The van der Waals surface area contributed by atoms with Crippen LogP contribution in [0.5, 0.6) is 0 Å². The molecule has 0 saturated carbocycles. The number of hydrogen-bond donors (Lipinski definition) is 0. The van der Waals surface area contributed by atoms with Crippen LogP contribution in [0.2, 0.25) is 0 Å². The minimum Gasteiger partial charge on any atom is -0.269 e. The van der Waals surface area contributed by atoms with Crippen molar-refractivity contribution in [3.8, 4) is 0 Å². The molecule has 2 heterocycles. The average Bonchev–Trinajstić information content (AvgIpc) is 2.75. The molecule has 1 aromatic carbocycles. The van der Waals surface area contributed by atoms with Crippen molar-refractivity contribution in [2.75, 3.05) is 0 Å². The van der Waals surface area contributed by atoms with Gasteiger partial charge in [0.25, 0.3) is 11.8 Å². The minimum absolute atomic E-state index is 0.0258. The van der Waals surface area contributed by atoms with Crippen LogP contribution >= 0.6 is 11.6 Å². The molecule has 0 bridgehead atoms. The summed E-state index contributed by atoms with van der Waals surface area (Å²) in [6, 6.07) is 9.20. The van der Waals surface area contributed by atoms with Crippen molar-refractivity contribution >= 4 is 29.0 Å². The molecular weight excluding hydrogens is 312 g/mol. The molecule has 0 radical (unpaired) electrons. The molecule has 2 aromatic rings. The Morgan fingerprint density at radius 1 is 1.09 bits per heavy atom. The Labute approximate surface area is 139 Å². The van der Waals surface area contributed by atoms with E-state index in [2.05, 4.69) is 4.98 Å². The summed E-state index contributed by atoms with van der Waals surface area (Å²) in [4.78, 5) is 30.2. The van der Waals surface area contributed by atoms with E-state index >= 15 is 0 Å². The lowest BCUT2D eigenvalue weighted by Gasteiger charge is -2.14. The number of rotatable bonds is 3. The number of carbonyl (C=O) groups is 2. The van der Waals surface area contributed by atoms with E-state index in [-0.39, 0.29) is 23.1 Å². The minimum atomic E-state index is -0.464. The number of hydrogen-bond acceptors (Lipinski definition) is 3. The molecule has 1 aromatic heterocycles. The fourth-order valence-corrected chi connectivity index (χ4v) is 2.80. The fraction of sp³-hybridized carbons (Fsp3) is 0.167. The van der Waals surface area contributed by atoms with E-state index in [1.807, 2.05) is 38.1 Å². The van der Waals surface area contributed by atoms with Crippen LogP contribution in [0, 0.1) is 13.8 Å². The van der Waals surface area contributed by atoms with Crippen molar-refractivity contribution in [1.82, 2.24) is 9.88 Å². The molecule has 23 heavy (non-hydrogen) atoms. The number of carbonyl (C=O) groups excluding carboxylic acids is 2. The van der Waals surface area contributed by atoms with Gasteiger partial charge in [0.15, 0.2) is 0 Å². The monoisotopic (exact) mass is 326 g/mol. The van der Waals surface area contributed by atoms with Crippen LogP contribution < -0.4 is 0 Å². The fourth-order valence-electron chi connectivity index (χ4n) is 2.51. The van der Waals surface area contributed by atoms with Crippen molar-refractivity contribution in [3.05, 3.63) is 70.0 Å². The van der Waals surface area contributed by atoms with Crippen molar-refractivity contribution in [1.29, 1.82) is 0 Å². The normalized spacial score (nSPS) is 14.8. The Balaban J connectivity index is 1.94. The van der Waals surface area contributed by atoms with E-state index in [0.717, 1.165) is 21.6 Å². The number of imide groups is 1. The number of aromatic nitrogens is 1. The number of nitrogens with zero attached hydrogens (tertiary/aromatic N) is 2. The zero-order chi connectivity index (χ0) is 16.6. The van der Waals surface area contributed by atoms with Crippen LogP contribution in [0.1, 0.15) is 22.3 Å². The first-order chi connectivity index (χ1) is 11.0. The van der Waals surface area contributed by atoms with E-state index in [0.29, 0.717) is 5.56 Å². The molecule has 4 nitrogen and oxygen atoms in total. The van der Waals surface area contributed by atoms with Gasteiger partial charge in [-0.05, 0) is 42.2 Å². The lowest BCUT2D eigenvalue weighted by molar-refractivity contribution is -0.137. The zero-order valence-electron chi connectivity index (χ0n) is 12.8. The summed E-state index contributed by atoms with van der Waals surface area (Å²) in [6.45, 7) is 4.11. The summed E-state index contributed by atoms with van der Waals surface area (Å²) in [5.41, 5.74) is 3.88. The molecule has 0 atom stereocenters. The molecule has 3 rings (SSSR count). The Kier molecular flexibility index (Phi) is 4.01. The van der Waals surface area contributed by atoms with Gasteiger partial charge in [0.05, 0.1) is 12.1 Å². The third-order valence-corrected chi connectivity index (χ3v) is 4.32. The van der Waals surface area contributed by atoms with E-state index in [1.165, 1.54) is 0 Å². The second kappa shape index (κ2) is 5.97. The van der Waals surface area contributed by atoms with Crippen LogP contribution in [0.4, 0.5) is 0 Å². The Morgan fingerprint density at radius 2 is 1.87 bits per heavy atom. The molecular formula is C18H15ClN2O2. The maximum Gasteiger partial charge on any atom is 0.273 e. The Hall–Kier alpha value is -2.46. The molecule has 116 valence electrons. The van der Waals surface area contributed by atoms with Crippen LogP contribution in [0.15, 0.2) is 47.8 Å². The van der Waals surface area contributed by atoms with Crippen molar-refractivity contribution in [2.45, 2.75) is 20.4 Å². The summed E-state index contributed by atoms with van der Waals surface area (Å²) in [5, 5.41) is -0.0258. The van der Waals surface area contributed by atoms with Gasteiger partial charge in [0, 0.05) is 12.4 Å². The number of amides is 2. The average molecular weight is 327 g/mol. The number of pyridine rings is 1. The molecule has 2 amide bonds. The van der Waals surface area contributed by atoms with Gasteiger partial charge in [-0.2, -0.15) is 0 Å². The molecule has 0 N–H and O–H groups in total. The predicted octanol–water partition coefficient (Wildman–Crippen LogP) is 3.22. The molecule has 1 aliphatic heterocycles. The van der Waals surface area contributed by atoms with E-state index in [4.69, 9.17) is 11.6 Å². The molecule has 0 saturated heterocycles. The summed E-state index contributed by atoms with van der Waals surface area (Å²) < 4.78 is 0. The highest BCUT2D eigenvalue weighted by Gasteiger charge is 2.38. The van der Waals surface area contributed by atoms with Gasteiger partial charge in [0.1, 0.15) is 5.03 Å². The van der Waals surface area contributed by atoms with Crippen molar-refractivity contribution in [2.24, 2.45) is 0 Å². The van der Waals surface area contributed by atoms with Crippen LogP contribution in [0.25, 0.3) is 5.57 Å². The molecule has 1 aliphatic rings. The van der Waals surface area contributed by atoms with Gasteiger partial charge in [-0.25, -0.2) is 0 Å². The van der Waals surface area contributed by atoms with Crippen LogP contribution in [-0.2, 0) is 16.1 Å². The zero-order valence-corrected chi connectivity index (χ0v) is 13.6. The smallest absolute Gasteiger partial charge is 0.269 e. The van der Waals surface area contributed by atoms with Gasteiger partial charge < -0.3 is 0 Å². The maximum atomic E-state index is 12.7. The van der Waals surface area contributed by atoms with Crippen LogP contribution in [-0.4, -0.2) is 21.7 Å². The quantitative estimate of drug-likeness (QED) is 0.814. The van der Waals surface area contributed by atoms with E-state index in [1.54, 1.807) is 18.5 Å². The van der Waals surface area contributed by atoms with E-state index < -0.39 is 5.91 Å². The van der Waals surface area contributed by atoms with Gasteiger partial charge >= 0.3 is 0 Å². The third-order valence-electron chi connectivity index (χ3n) is 3.97. The van der Waals surface area contributed by atoms with Crippen molar-refractivity contribution in [3.63, 3.8) is 0 Å². The predicted molar refractivity (Wildman–Crippen MR) is 88.5 cm³/mol. The SMILES string of the molecule is Cc1ccc(C2=C(Cl)C(=O)N(Cc3cccnc3)C2=O)cc1C. The van der Waals surface area contributed by atoms with Crippen LogP contribution in [0.3, 0.4) is 0 Å². The first kappa shape index (κ1) is 15.4. The highest BCUT2D eigenvalue weighted by Crippen LogP contribution is 2.33. The molecule has 0 aliphatic carbocycles. The topological polar surface area (TPSA) is 50.3 Å². The first-order valence-corrected chi connectivity index (χ1v) is 7.59. The first-order valence-electron chi connectivity index (χ1n) is 7.21. The van der Waals surface area contributed by atoms with Gasteiger partial charge in [-0.1, -0.05) is 35.9 Å². The number of aryl methyl sites for hydroxylation is 2. The standard InChI is InChI=1S/C18H15ClN2O2/c1-11-5-6-14(8-12(11)2)15-16(19)18(23)21(17(15)22)10-13-4-3-7-20-9-13/h3-9H,10H2,1-2H3. The molecule has 0 unspecified atom stereocenters. The summed E-state index contributed by atoms with van der Waals surface area (Å²) in [6.07, 6.45) is 3.27. The van der Waals surface area contributed by atoms with Gasteiger partial charge in [-0.15, -0.1) is 0 Å². The highest BCUT2D eigenvalue weighted by molar-refractivity contribution is 6.55. The lowest BCUT2D eigenvalue weighted by atomic mass is 10.0. The number of halogens is 1. The summed E-state index contributed by atoms with van der Waals surface area (Å²) in [7, 11) is 0. The lowest BCUT2D eigenvalue weighted by Crippen LogP contribution is -2.30. The molecule has 5 heteroatoms. The molecule has 0 fully saturated rings. The second-order valence-corrected chi connectivity index (χ2v) is 5.92. The largest absolute Gasteiger partial charge is 0.273 e. The Bertz CT molecular complexity index is 828.